The van der Waals surface area contributed by atoms with Crippen LogP contribution in [0.25, 0.3) is 27.8 Å². The molecule has 0 spiro atoms. The van der Waals surface area contributed by atoms with E-state index in [1.165, 1.54) is 24.3 Å². The molecular formula is C47H45N5OPt+2. The first-order chi connectivity index (χ1) is 28.9. The van der Waals surface area contributed by atoms with Gasteiger partial charge in [0, 0.05) is 66.0 Å². The van der Waals surface area contributed by atoms with Gasteiger partial charge in [-0.3, -0.25) is 4.98 Å². The Balaban J connectivity index is 0.00000595. The van der Waals surface area contributed by atoms with E-state index in [-0.39, 0.29) is 37.5 Å². The molecule has 1 aliphatic heterocycles. The van der Waals surface area contributed by atoms with Gasteiger partial charge in [-0.2, -0.15) is 6.07 Å². The number of benzene rings is 4. The number of aromatic nitrogens is 3. The second-order valence-corrected chi connectivity index (χ2v) is 15.5. The molecule has 1 aliphatic rings. The molecule has 272 valence electrons. The van der Waals surface area contributed by atoms with E-state index in [0.29, 0.717) is 22.9 Å². The summed E-state index contributed by atoms with van der Waals surface area (Å²) < 4.78 is 85.8. The summed E-state index contributed by atoms with van der Waals surface area (Å²) in [6.45, 7) is 2.71. The maximum Gasteiger partial charge on any atom is 2.00 e. The largest absolute Gasteiger partial charge is 2.00 e. The summed E-state index contributed by atoms with van der Waals surface area (Å²) in [6.07, 6.45) is 3.60. The van der Waals surface area contributed by atoms with Crippen LogP contribution in [-0.2, 0) is 37.3 Å². The molecule has 3 aromatic heterocycles. The maximum absolute atomic E-state index is 8.17. The fourth-order valence-corrected chi connectivity index (χ4v) is 6.59. The number of para-hydroxylation sites is 2. The molecule has 0 bridgehead atoms. The minimum atomic E-state index is -3.37. The van der Waals surface area contributed by atoms with E-state index >= 15 is 0 Å². The van der Waals surface area contributed by atoms with E-state index in [4.69, 9.17) is 27.0 Å². The summed E-state index contributed by atoms with van der Waals surface area (Å²) in [7, 11) is 0. The standard InChI is InChI=1S/C47H45N5O.Pt/c1-45(2,3)31-16-18-34(19-17-31)50-30-51(40-14-11-10-13-39(40)50)35-25-33(47(7,8)9)26-37(28-35)53-36-20-21-38-42(29-36)52(41-15-12-23-49-44(38)41)43-27-32(22-24-48-43)46(4,5)6;/h10-27H,1-9H3;/q;+2/i1D3,2D3,3D3;. The molecule has 0 aliphatic carbocycles. The molecule has 4 aromatic carbocycles. The van der Waals surface area contributed by atoms with Crippen molar-refractivity contribution < 1.29 is 38.1 Å². The Morgan fingerprint density at radius 3 is 2.09 bits per heavy atom. The molecule has 7 aromatic rings. The third kappa shape index (κ3) is 6.86. The van der Waals surface area contributed by atoms with Crippen molar-refractivity contribution in [3.63, 3.8) is 0 Å². The Bertz CT molecular complexity index is 2930. The van der Waals surface area contributed by atoms with Gasteiger partial charge in [0.1, 0.15) is 11.5 Å². The first-order valence-corrected chi connectivity index (χ1v) is 17.5. The van der Waals surface area contributed by atoms with Gasteiger partial charge in [-0.05, 0) is 56.2 Å². The van der Waals surface area contributed by atoms with Crippen LogP contribution in [-0.4, -0.2) is 20.5 Å². The number of nitrogens with zero attached hydrogens (tertiary/aromatic N) is 5. The predicted molar refractivity (Wildman–Crippen MR) is 217 cm³/mol. The van der Waals surface area contributed by atoms with Crippen molar-refractivity contribution in [1.82, 2.24) is 23.7 Å². The van der Waals surface area contributed by atoms with Crippen molar-refractivity contribution in [2.45, 2.75) is 78.3 Å². The van der Waals surface area contributed by atoms with Gasteiger partial charge in [-0.25, -0.2) is 4.98 Å². The average molecular weight is 900 g/mol. The molecule has 0 N–H and O–H groups in total. The molecule has 0 fully saturated rings. The predicted octanol–water partition coefficient (Wildman–Crippen LogP) is 11.7. The third-order valence-electron chi connectivity index (χ3n) is 9.52. The van der Waals surface area contributed by atoms with E-state index in [1.807, 2.05) is 77.5 Å². The van der Waals surface area contributed by atoms with Gasteiger partial charge in [-0.1, -0.05) is 114 Å². The zero-order valence-electron chi connectivity index (χ0n) is 39.9. The minimum absolute atomic E-state index is 0. The van der Waals surface area contributed by atoms with Crippen molar-refractivity contribution in [3.8, 4) is 17.3 Å². The van der Waals surface area contributed by atoms with E-state index in [2.05, 4.69) is 70.3 Å². The molecule has 8 rings (SSSR count). The van der Waals surface area contributed by atoms with E-state index < -0.39 is 26.0 Å². The molecular weight excluding hydrogens is 846 g/mol. The van der Waals surface area contributed by atoms with Crippen LogP contribution >= 0.6 is 0 Å². The fraction of sp³-hybridized carbons (Fsp3) is 0.255. The van der Waals surface area contributed by atoms with E-state index in [1.54, 1.807) is 10.8 Å². The maximum atomic E-state index is 8.17. The molecule has 54 heavy (non-hydrogen) atoms. The van der Waals surface area contributed by atoms with Gasteiger partial charge < -0.3 is 9.30 Å². The molecule has 0 atom stereocenters. The molecule has 0 saturated carbocycles. The Morgan fingerprint density at radius 2 is 1.39 bits per heavy atom. The zero-order valence-corrected chi connectivity index (χ0v) is 33.1. The summed E-state index contributed by atoms with van der Waals surface area (Å²) in [6, 6.07) is 39.4. The number of hydrogen-bond acceptors (Lipinski definition) is 3. The van der Waals surface area contributed by atoms with Crippen molar-refractivity contribution in [3.05, 3.63) is 138 Å². The van der Waals surface area contributed by atoms with E-state index in [9.17, 15) is 0 Å². The molecule has 0 amide bonds. The summed E-state index contributed by atoms with van der Waals surface area (Å²) in [5, 5.41) is 0.899. The monoisotopic (exact) mass is 899 g/mol. The summed E-state index contributed by atoms with van der Waals surface area (Å²) >= 11 is 0. The van der Waals surface area contributed by atoms with Crippen molar-refractivity contribution in [2.24, 2.45) is 0 Å². The van der Waals surface area contributed by atoms with Crippen LogP contribution in [0.3, 0.4) is 0 Å². The van der Waals surface area contributed by atoms with Crippen molar-refractivity contribution >= 4 is 50.7 Å². The van der Waals surface area contributed by atoms with Crippen LogP contribution in [0.1, 0.15) is 91.1 Å². The summed E-state index contributed by atoms with van der Waals surface area (Å²) in [5.74, 6) is 1.64. The molecule has 4 heterocycles. The van der Waals surface area contributed by atoms with Crippen LogP contribution in [0.4, 0.5) is 22.7 Å². The van der Waals surface area contributed by atoms with Crippen LogP contribution < -0.4 is 13.9 Å². The van der Waals surface area contributed by atoms with Gasteiger partial charge in [-0.15, -0.1) is 23.8 Å². The smallest absolute Gasteiger partial charge is 0.509 e. The fourth-order valence-electron chi connectivity index (χ4n) is 6.59. The van der Waals surface area contributed by atoms with Gasteiger partial charge in [0.2, 0.25) is 5.69 Å². The second-order valence-electron chi connectivity index (χ2n) is 15.5. The summed E-state index contributed by atoms with van der Waals surface area (Å²) in [5.41, 5.74) is 3.30. The van der Waals surface area contributed by atoms with Gasteiger partial charge in [0.25, 0.3) is 11.4 Å². The number of hydrogen-bond donors (Lipinski definition) is 0. The molecule has 7 heteroatoms. The number of ether oxygens (including phenoxy) is 1. The number of rotatable bonds is 5. The zero-order chi connectivity index (χ0) is 44.8. The molecule has 6 nitrogen and oxygen atoms in total. The minimum Gasteiger partial charge on any atom is -0.509 e. The third-order valence-corrected chi connectivity index (χ3v) is 9.52. The topological polar surface area (TPSA) is 46.0 Å². The van der Waals surface area contributed by atoms with Crippen LogP contribution in [0.5, 0.6) is 11.5 Å². The van der Waals surface area contributed by atoms with Crippen molar-refractivity contribution in [2.75, 3.05) is 0 Å². The number of fused-ring (bicyclic) bond motifs is 4. The number of pyridine rings is 2. The van der Waals surface area contributed by atoms with Gasteiger partial charge >= 0.3 is 27.1 Å². The Labute approximate surface area is 345 Å². The average Bonchev–Trinajstić information content (AvgIpc) is 3.72. The first-order valence-electron chi connectivity index (χ1n) is 22.0. The quantitative estimate of drug-likeness (QED) is 0.128. The van der Waals surface area contributed by atoms with Crippen LogP contribution in [0.15, 0.2) is 109 Å². The molecule has 0 saturated heterocycles. The van der Waals surface area contributed by atoms with E-state index in [0.717, 1.165) is 50.3 Å². The Hall–Kier alpha value is -5.15. The normalized spacial score (nSPS) is 16.2. The van der Waals surface area contributed by atoms with Gasteiger partial charge in [0.15, 0.2) is 0 Å². The second kappa shape index (κ2) is 13.6. The Kier molecular flexibility index (Phi) is 6.91. The van der Waals surface area contributed by atoms with Crippen LogP contribution in [0.2, 0.25) is 0 Å². The van der Waals surface area contributed by atoms with Gasteiger partial charge in [0.05, 0.1) is 5.52 Å². The van der Waals surface area contributed by atoms with Crippen LogP contribution in [0, 0.1) is 12.1 Å². The van der Waals surface area contributed by atoms with Crippen molar-refractivity contribution in [1.29, 1.82) is 0 Å². The SMILES string of the molecule is [2H]C([2H])([2H])C(c1ccc([N+]2=C=[N+](c3[c-]c(Oc4[c-]c5c(cc4)c4ncccc4n5-c4cc(C(C)(C)C)ccn4)cc(C(C)(C)C)c3)c3ccccc32)cc1)(C([2H])([2H])[2H])C([2H])([2H])[2H].[Pt+2]. The molecule has 0 unspecified atom stereocenters. The first kappa shape index (κ1) is 27.4. The summed E-state index contributed by atoms with van der Waals surface area (Å²) in [4.78, 5) is 9.50. The molecule has 0 radical (unpaired) electrons. The Morgan fingerprint density at radius 1 is 0.667 bits per heavy atom.